The Morgan fingerprint density at radius 2 is 2.00 bits per heavy atom. The first-order chi connectivity index (χ1) is 8.16. The van der Waals surface area contributed by atoms with Crippen molar-refractivity contribution in [2.75, 3.05) is 6.61 Å². The summed E-state index contributed by atoms with van der Waals surface area (Å²) in [5.41, 5.74) is 1.89. The van der Waals surface area contributed by atoms with Gasteiger partial charge in [0, 0.05) is 0 Å². The topological polar surface area (TPSA) is 26.3 Å². The standard InChI is InChI=1S/C15H24O2/c1-4-5-6-7-8-9-10-14-11-17-13(3)15(14)12(2)16/h10H,4-9,11H2,1-3H3/b14-10+. The molecule has 0 saturated heterocycles. The summed E-state index contributed by atoms with van der Waals surface area (Å²) in [6, 6.07) is 0. The first-order valence-electron chi connectivity index (χ1n) is 6.70. The molecule has 1 rings (SSSR count). The molecule has 17 heavy (non-hydrogen) atoms. The predicted molar refractivity (Wildman–Crippen MR) is 70.8 cm³/mol. The smallest absolute Gasteiger partial charge is 0.163 e. The van der Waals surface area contributed by atoms with Gasteiger partial charge in [-0.25, -0.2) is 0 Å². The Hall–Kier alpha value is -1.05. The Morgan fingerprint density at radius 1 is 1.29 bits per heavy atom. The maximum Gasteiger partial charge on any atom is 0.163 e. The Balaban J connectivity index is 2.37. The Morgan fingerprint density at radius 3 is 2.65 bits per heavy atom. The summed E-state index contributed by atoms with van der Waals surface area (Å²) in [6.07, 6.45) is 9.68. The zero-order chi connectivity index (χ0) is 12.7. The van der Waals surface area contributed by atoms with E-state index in [1.165, 1.54) is 32.1 Å². The zero-order valence-corrected chi connectivity index (χ0v) is 11.3. The average Bonchev–Trinajstić information content (AvgIpc) is 2.65. The van der Waals surface area contributed by atoms with E-state index in [4.69, 9.17) is 4.74 Å². The van der Waals surface area contributed by atoms with Crippen LogP contribution in [0.2, 0.25) is 0 Å². The van der Waals surface area contributed by atoms with Crippen LogP contribution in [0.25, 0.3) is 0 Å². The molecule has 1 aliphatic heterocycles. The fourth-order valence-corrected chi connectivity index (χ4v) is 2.22. The van der Waals surface area contributed by atoms with Crippen molar-refractivity contribution >= 4 is 5.78 Å². The second-order valence-electron chi connectivity index (χ2n) is 4.71. The molecule has 0 unspecified atom stereocenters. The number of hydrogen-bond acceptors (Lipinski definition) is 2. The lowest BCUT2D eigenvalue weighted by Crippen LogP contribution is -1.99. The monoisotopic (exact) mass is 236 g/mol. The number of ether oxygens (including phenoxy) is 1. The van der Waals surface area contributed by atoms with Crippen LogP contribution in [0.4, 0.5) is 0 Å². The molecule has 0 fully saturated rings. The predicted octanol–water partition coefficient (Wildman–Crippen LogP) is 4.17. The Bertz CT molecular complexity index is 324. The molecule has 1 heterocycles. The van der Waals surface area contributed by atoms with E-state index in [1.54, 1.807) is 6.92 Å². The van der Waals surface area contributed by atoms with Crippen molar-refractivity contribution in [1.29, 1.82) is 0 Å². The van der Waals surface area contributed by atoms with Gasteiger partial charge in [-0.15, -0.1) is 0 Å². The summed E-state index contributed by atoms with van der Waals surface area (Å²) in [5, 5.41) is 0. The summed E-state index contributed by atoms with van der Waals surface area (Å²) in [6.45, 7) is 6.29. The minimum atomic E-state index is 0.122. The number of rotatable bonds is 7. The fourth-order valence-electron chi connectivity index (χ4n) is 2.22. The highest BCUT2D eigenvalue weighted by molar-refractivity contribution is 5.98. The van der Waals surface area contributed by atoms with Gasteiger partial charge in [-0.3, -0.25) is 4.79 Å². The van der Waals surface area contributed by atoms with Crippen molar-refractivity contribution in [2.45, 2.75) is 59.3 Å². The number of Topliss-reactive ketones (excluding diaryl/α,β-unsaturated/α-hetero) is 1. The largest absolute Gasteiger partial charge is 0.493 e. The first-order valence-corrected chi connectivity index (χ1v) is 6.70. The number of hydrogen-bond donors (Lipinski definition) is 0. The summed E-state index contributed by atoms with van der Waals surface area (Å²) in [7, 11) is 0. The highest BCUT2D eigenvalue weighted by atomic mass is 16.5. The van der Waals surface area contributed by atoms with Crippen molar-refractivity contribution in [3.63, 3.8) is 0 Å². The molecule has 2 nitrogen and oxygen atoms in total. The van der Waals surface area contributed by atoms with E-state index in [1.807, 2.05) is 6.92 Å². The molecule has 0 N–H and O–H groups in total. The summed E-state index contributed by atoms with van der Waals surface area (Å²) >= 11 is 0. The van der Waals surface area contributed by atoms with E-state index in [0.29, 0.717) is 6.61 Å². The maximum atomic E-state index is 11.5. The Kier molecular flexibility index (Phi) is 6.03. The average molecular weight is 236 g/mol. The molecule has 2 heteroatoms. The molecule has 0 bridgehead atoms. The van der Waals surface area contributed by atoms with Gasteiger partial charge in [0.1, 0.15) is 12.4 Å². The van der Waals surface area contributed by atoms with Crippen LogP contribution in [-0.2, 0) is 9.53 Å². The highest BCUT2D eigenvalue weighted by Crippen LogP contribution is 2.25. The van der Waals surface area contributed by atoms with Crippen LogP contribution < -0.4 is 0 Å². The van der Waals surface area contributed by atoms with Gasteiger partial charge in [-0.2, -0.15) is 0 Å². The summed E-state index contributed by atoms with van der Waals surface area (Å²) < 4.78 is 5.43. The fraction of sp³-hybridized carbons (Fsp3) is 0.667. The first kappa shape index (κ1) is 14.0. The summed E-state index contributed by atoms with van der Waals surface area (Å²) in [5.74, 6) is 0.909. The van der Waals surface area contributed by atoms with Crippen LogP contribution in [0.3, 0.4) is 0 Å². The van der Waals surface area contributed by atoms with Crippen LogP contribution >= 0.6 is 0 Å². The van der Waals surface area contributed by atoms with Crippen molar-refractivity contribution < 1.29 is 9.53 Å². The zero-order valence-electron chi connectivity index (χ0n) is 11.3. The minimum absolute atomic E-state index is 0.122. The number of carbonyl (C=O) groups is 1. The second-order valence-corrected chi connectivity index (χ2v) is 4.71. The normalized spacial score (nSPS) is 17.7. The maximum absolute atomic E-state index is 11.5. The molecule has 0 aromatic heterocycles. The van der Waals surface area contributed by atoms with Gasteiger partial charge >= 0.3 is 0 Å². The quantitative estimate of drug-likeness (QED) is 0.620. The van der Waals surface area contributed by atoms with Gasteiger partial charge in [0.15, 0.2) is 5.78 Å². The molecule has 0 aromatic carbocycles. The third kappa shape index (κ3) is 4.37. The summed E-state index contributed by atoms with van der Waals surface area (Å²) in [4.78, 5) is 11.5. The van der Waals surface area contributed by atoms with Gasteiger partial charge in [0.05, 0.1) is 5.57 Å². The van der Waals surface area contributed by atoms with Crippen LogP contribution in [0.1, 0.15) is 59.3 Å². The van der Waals surface area contributed by atoms with Crippen LogP contribution in [0.15, 0.2) is 23.0 Å². The number of carbonyl (C=O) groups excluding carboxylic acids is 1. The highest BCUT2D eigenvalue weighted by Gasteiger charge is 2.21. The van der Waals surface area contributed by atoms with E-state index >= 15 is 0 Å². The van der Waals surface area contributed by atoms with Crippen molar-refractivity contribution in [2.24, 2.45) is 0 Å². The molecular weight excluding hydrogens is 212 g/mol. The van der Waals surface area contributed by atoms with E-state index in [-0.39, 0.29) is 5.78 Å². The molecule has 0 radical (unpaired) electrons. The van der Waals surface area contributed by atoms with Crippen molar-refractivity contribution in [3.05, 3.63) is 23.0 Å². The van der Waals surface area contributed by atoms with Crippen LogP contribution in [0.5, 0.6) is 0 Å². The molecular formula is C15H24O2. The number of unbranched alkanes of at least 4 members (excludes halogenated alkanes) is 5. The molecule has 0 spiro atoms. The van der Waals surface area contributed by atoms with E-state index in [9.17, 15) is 4.79 Å². The van der Waals surface area contributed by atoms with E-state index in [0.717, 1.165) is 23.3 Å². The van der Waals surface area contributed by atoms with Crippen LogP contribution in [0, 0.1) is 0 Å². The lowest BCUT2D eigenvalue weighted by atomic mass is 10.0. The molecule has 1 aliphatic rings. The molecule has 0 atom stereocenters. The second kappa shape index (κ2) is 7.31. The number of allylic oxidation sites excluding steroid dienone is 2. The lowest BCUT2D eigenvalue weighted by molar-refractivity contribution is -0.113. The minimum Gasteiger partial charge on any atom is -0.493 e. The van der Waals surface area contributed by atoms with Crippen molar-refractivity contribution in [3.8, 4) is 0 Å². The van der Waals surface area contributed by atoms with E-state index in [2.05, 4.69) is 13.0 Å². The molecule has 0 aliphatic carbocycles. The van der Waals surface area contributed by atoms with Gasteiger partial charge in [-0.1, -0.05) is 38.7 Å². The van der Waals surface area contributed by atoms with Gasteiger partial charge in [-0.05, 0) is 32.3 Å². The molecule has 96 valence electrons. The third-order valence-electron chi connectivity index (χ3n) is 3.17. The Labute approximate surface area is 105 Å². The van der Waals surface area contributed by atoms with Crippen LogP contribution in [-0.4, -0.2) is 12.4 Å². The molecule has 0 saturated carbocycles. The van der Waals surface area contributed by atoms with E-state index < -0.39 is 0 Å². The van der Waals surface area contributed by atoms with Crippen molar-refractivity contribution in [1.82, 2.24) is 0 Å². The lowest BCUT2D eigenvalue weighted by Gasteiger charge is -2.00. The van der Waals surface area contributed by atoms with Gasteiger partial charge in [0.2, 0.25) is 0 Å². The molecule has 0 amide bonds. The molecule has 0 aromatic rings. The SMILES string of the molecule is CCCCCCC/C=C1\COC(C)=C1C(C)=O. The van der Waals surface area contributed by atoms with Gasteiger partial charge < -0.3 is 4.74 Å². The van der Waals surface area contributed by atoms with Gasteiger partial charge in [0.25, 0.3) is 0 Å². The third-order valence-corrected chi connectivity index (χ3v) is 3.17. The number of ketones is 1.